The van der Waals surface area contributed by atoms with Crippen molar-refractivity contribution in [3.8, 4) is 0 Å². The quantitative estimate of drug-likeness (QED) is 0.234. The molecule has 0 aliphatic heterocycles. The van der Waals surface area contributed by atoms with Gasteiger partial charge in [-0.25, -0.2) is 0 Å². The summed E-state index contributed by atoms with van der Waals surface area (Å²) in [6, 6.07) is 0. The third-order valence-electron chi connectivity index (χ3n) is 0. The molecule has 0 spiro atoms. The predicted molar refractivity (Wildman–Crippen MR) is 14.8 cm³/mol. The first-order chi connectivity index (χ1) is 3.00. The molecule has 8 heavy (non-hydrogen) atoms. The fraction of sp³-hybridized carbons (Fsp3) is 0. The van der Waals surface area contributed by atoms with Crippen LogP contribution in [0.15, 0.2) is 0 Å². The van der Waals surface area contributed by atoms with Crippen molar-refractivity contribution in [1.82, 2.24) is 0 Å². The van der Waals surface area contributed by atoms with Gasteiger partial charge in [-0.15, -0.1) is 0 Å². The van der Waals surface area contributed by atoms with Crippen LogP contribution in [-0.4, -0.2) is 23.0 Å². The summed E-state index contributed by atoms with van der Waals surface area (Å²) in [5.74, 6) is 0. The Hall–Kier alpha value is 0.344. The molecular formula is H2O6STi. The second kappa shape index (κ2) is 7.34. The SMILES string of the molecule is O.O=S(=O)([O-])[O-].[O]=[Ti+2]. The molecule has 0 atom stereocenters. The monoisotopic (exact) mass is 178 g/mol. The maximum atomic E-state index is 8.52. The molecule has 6 nitrogen and oxygen atoms in total. The molecule has 0 amide bonds. The fourth-order valence-corrected chi connectivity index (χ4v) is 0. The van der Waals surface area contributed by atoms with Crippen LogP contribution in [0.5, 0.6) is 0 Å². The Kier molecular flexibility index (Phi) is 14.5. The molecule has 2 N–H and O–H groups in total. The van der Waals surface area contributed by atoms with Gasteiger partial charge in [0.15, 0.2) is 0 Å². The normalized spacial score (nSPS) is 8.00. The van der Waals surface area contributed by atoms with Crippen LogP contribution in [0.1, 0.15) is 0 Å². The van der Waals surface area contributed by atoms with Crippen molar-refractivity contribution in [1.29, 1.82) is 0 Å². The average molecular weight is 178 g/mol. The van der Waals surface area contributed by atoms with Crippen molar-refractivity contribution in [3.63, 3.8) is 0 Å². The standard InChI is InChI=1S/H2O4S.H2O.O.Ti/c1-5(2,3)4;;;/h(H2,1,2,3,4);1H2;;/q;;;+2/p-2. The molecule has 0 aromatic rings. The molecule has 8 heteroatoms. The molecule has 0 heterocycles. The van der Waals surface area contributed by atoms with E-state index in [0.29, 0.717) is 0 Å². The topological polar surface area (TPSA) is 129 Å². The number of hydrogen-bond donors (Lipinski definition) is 0. The van der Waals surface area contributed by atoms with Crippen molar-refractivity contribution in [2.24, 2.45) is 0 Å². The van der Waals surface area contributed by atoms with Crippen LogP contribution in [0.4, 0.5) is 0 Å². The molecule has 0 saturated heterocycles. The van der Waals surface area contributed by atoms with Crippen LogP contribution in [-0.2, 0) is 34.1 Å². The molecular weight excluding hydrogens is 176 g/mol. The second-order valence-corrected chi connectivity index (χ2v) is 1.22. The summed E-state index contributed by atoms with van der Waals surface area (Å²) in [4.78, 5) is 0. The van der Waals surface area contributed by atoms with E-state index in [-0.39, 0.29) is 5.48 Å². The Bertz CT molecular complexity index is 102. The molecule has 0 aliphatic rings. The molecule has 0 aliphatic carbocycles. The Morgan fingerprint density at radius 3 is 1.12 bits per heavy atom. The van der Waals surface area contributed by atoms with E-state index in [0.717, 1.165) is 20.4 Å². The Balaban J connectivity index is -0.0000000750. The molecule has 0 radical (unpaired) electrons. The van der Waals surface area contributed by atoms with Crippen LogP contribution in [0.3, 0.4) is 0 Å². The van der Waals surface area contributed by atoms with E-state index < -0.39 is 10.4 Å². The van der Waals surface area contributed by atoms with Gasteiger partial charge in [0.25, 0.3) is 0 Å². The van der Waals surface area contributed by atoms with Crippen LogP contribution >= 0.6 is 0 Å². The van der Waals surface area contributed by atoms with Crippen LogP contribution in [0.2, 0.25) is 0 Å². The van der Waals surface area contributed by atoms with Gasteiger partial charge in [0.2, 0.25) is 0 Å². The van der Waals surface area contributed by atoms with Gasteiger partial charge < -0.3 is 14.6 Å². The van der Waals surface area contributed by atoms with Crippen molar-refractivity contribution < 1.29 is 46.7 Å². The fourth-order valence-electron chi connectivity index (χ4n) is 0. The molecule has 0 saturated carbocycles. The van der Waals surface area contributed by atoms with Gasteiger partial charge in [0, 0.05) is 10.4 Å². The molecule has 0 aromatic heterocycles. The predicted octanol–water partition coefficient (Wildman–Crippen LogP) is -2.28. The van der Waals surface area contributed by atoms with E-state index in [1.165, 1.54) is 0 Å². The van der Waals surface area contributed by atoms with Gasteiger partial charge in [-0.1, -0.05) is 0 Å². The summed E-state index contributed by atoms with van der Waals surface area (Å²) in [5, 5.41) is 0. The summed E-state index contributed by atoms with van der Waals surface area (Å²) < 4.78 is 42.3. The minimum atomic E-state index is -5.17. The summed E-state index contributed by atoms with van der Waals surface area (Å²) in [6.07, 6.45) is 0. The zero-order valence-electron chi connectivity index (χ0n) is 3.45. The van der Waals surface area contributed by atoms with E-state index in [9.17, 15) is 0 Å². The van der Waals surface area contributed by atoms with Crippen LogP contribution in [0.25, 0.3) is 0 Å². The second-order valence-electron chi connectivity index (χ2n) is 0.408. The molecule has 48 valence electrons. The molecule has 0 rings (SSSR count). The average Bonchev–Trinajstić information content (AvgIpc) is 1.36. The Morgan fingerprint density at radius 1 is 1.12 bits per heavy atom. The maximum absolute atomic E-state index is 8.52. The molecule has 0 bridgehead atoms. The van der Waals surface area contributed by atoms with E-state index in [2.05, 4.69) is 0 Å². The molecule has 0 fully saturated rings. The third-order valence-corrected chi connectivity index (χ3v) is 0. The van der Waals surface area contributed by atoms with Gasteiger partial charge in [0.1, 0.15) is 0 Å². The van der Waals surface area contributed by atoms with Gasteiger partial charge in [-0.3, -0.25) is 8.42 Å². The number of rotatable bonds is 0. The summed E-state index contributed by atoms with van der Waals surface area (Å²) >= 11 is 0.750. The van der Waals surface area contributed by atoms with Crippen molar-refractivity contribution >= 4 is 10.4 Å². The Morgan fingerprint density at radius 2 is 1.12 bits per heavy atom. The first-order valence-electron chi connectivity index (χ1n) is 0.871. The van der Waals surface area contributed by atoms with Gasteiger partial charge in [-0.05, 0) is 0 Å². The van der Waals surface area contributed by atoms with Crippen LogP contribution in [0, 0.1) is 0 Å². The molecule has 0 unspecified atom stereocenters. The van der Waals surface area contributed by atoms with Crippen LogP contribution < -0.4 is 0 Å². The van der Waals surface area contributed by atoms with E-state index in [1.54, 1.807) is 0 Å². The first-order valence-corrected chi connectivity index (χ1v) is 2.84. The third kappa shape index (κ3) is 1530. The van der Waals surface area contributed by atoms with Crippen molar-refractivity contribution in [3.05, 3.63) is 0 Å². The zero-order chi connectivity index (χ0) is 6.50. The first kappa shape index (κ1) is 15.8. The van der Waals surface area contributed by atoms with Crippen molar-refractivity contribution in [2.45, 2.75) is 0 Å². The Labute approximate surface area is 57.5 Å². The summed E-state index contributed by atoms with van der Waals surface area (Å²) in [7, 11) is -5.17. The minimum absolute atomic E-state index is 0. The molecule has 0 aromatic carbocycles. The van der Waals surface area contributed by atoms with Gasteiger partial charge in [-0.2, -0.15) is 0 Å². The number of hydrogen-bond acceptors (Lipinski definition) is 5. The van der Waals surface area contributed by atoms with Gasteiger partial charge >= 0.3 is 23.7 Å². The van der Waals surface area contributed by atoms with E-state index in [1.807, 2.05) is 0 Å². The van der Waals surface area contributed by atoms with Crippen molar-refractivity contribution in [2.75, 3.05) is 0 Å². The summed E-state index contributed by atoms with van der Waals surface area (Å²) in [5.41, 5.74) is 0. The van der Waals surface area contributed by atoms with E-state index in [4.69, 9.17) is 20.8 Å². The zero-order valence-corrected chi connectivity index (χ0v) is 5.83. The van der Waals surface area contributed by atoms with E-state index >= 15 is 0 Å². The van der Waals surface area contributed by atoms with Gasteiger partial charge in [0.05, 0.1) is 0 Å². The summed E-state index contributed by atoms with van der Waals surface area (Å²) in [6.45, 7) is 0.